The largest absolute Gasteiger partial charge is 0.326 e. The topological polar surface area (TPSA) is 73.0 Å². The molecular formula is C9H14N2O2S2. The summed E-state index contributed by atoms with van der Waals surface area (Å²) in [5.41, 5.74) is 5.50. The first-order valence-corrected chi connectivity index (χ1v) is 7.59. The van der Waals surface area contributed by atoms with Crippen molar-refractivity contribution in [2.75, 3.05) is 11.5 Å². The second kappa shape index (κ2) is 4.19. The molecule has 1 aliphatic rings. The first kappa shape index (κ1) is 11.0. The van der Waals surface area contributed by atoms with Crippen LogP contribution in [0.15, 0.2) is 6.20 Å². The van der Waals surface area contributed by atoms with Crippen molar-refractivity contribution < 1.29 is 8.42 Å². The van der Waals surface area contributed by atoms with Crippen LogP contribution in [0.3, 0.4) is 0 Å². The quantitative estimate of drug-likeness (QED) is 0.841. The van der Waals surface area contributed by atoms with Gasteiger partial charge in [0.05, 0.1) is 16.5 Å². The van der Waals surface area contributed by atoms with E-state index < -0.39 is 9.84 Å². The highest BCUT2D eigenvalue weighted by atomic mass is 32.2. The average Bonchev–Trinajstić information content (AvgIpc) is 2.64. The van der Waals surface area contributed by atoms with Gasteiger partial charge in [0.15, 0.2) is 9.84 Å². The molecule has 0 saturated carbocycles. The molecule has 1 aromatic rings. The summed E-state index contributed by atoms with van der Waals surface area (Å²) in [5, 5.41) is 0.929. The molecule has 1 atom stereocenters. The van der Waals surface area contributed by atoms with Crippen LogP contribution in [0.2, 0.25) is 0 Å². The van der Waals surface area contributed by atoms with Crippen LogP contribution in [0.4, 0.5) is 0 Å². The van der Waals surface area contributed by atoms with E-state index in [9.17, 15) is 8.42 Å². The van der Waals surface area contributed by atoms with E-state index in [1.54, 1.807) is 6.20 Å². The summed E-state index contributed by atoms with van der Waals surface area (Å²) in [5.74, 6) is 0.678. The van der Waals surface area contributed by atoms with Gasteiger partial charge in [-0.25, -0.2) is 13.4 Å². The van der Waals surface area contributed by atoms with E-state index in [0.29, 0.717) is 12.3 Å². The van der Waals surface area contributed by atoms with E-state index in [2.05, 4.69) is 4.98 Å². The smallest absolute Gasteiger partial charge is 0.151 e. The fourth-order valence-corrected chi connectivity index (χ4v) is 4.57. The molecule has 0 bridgehead atoms. The maximum atomic E-state index is 11.5. The first-order valence-electron chi connectivity index (χ1n) is 4.96. The van der Waals surface area contributed by atoms with Crippen LogP contribution in [-0.4, -0.2) is 24.9 Å². The standard InChI is InChI=1S/C9H14N2O2S2/c10-4-8-5-11-9(14-8)7-2-1-3-15(12,13)6-7/h5,7H,1-4,6,10H2. The fourth-order valence-electron chi connectivity index (χ4n) is 1.82. The highest BCUT2D eigenvalue weighted by molar-refractivity contribution is 7.91. The van der Waals surface area contributed by atoms with Gasteiger partial charge >= 0.3 is 0 Å². The first-order chi connectivity index (χ1) is 7.11. The van der Waals surface area contributed by atoms with E-state index in [4.69, 9.17) is 5.73 Å². The van der Waals surface area contributed by atoms with Crippen LogP contribution in [0.1, 0.15) is 28.6 Å². The van der Waals surface area contributed by atoms with Gasteiger partial charge in [-0.1, -0.05) is 0 Å². The molecule has 6 heteroatoms. The van der Waals surface area contributed by atoms with Gasteiger partial charge in [0.1, 0.15) is 0 Å². The lowest BCUT2D eigenvalue weighted by atomic mass is 10.1. The molecule has 84 valence electrons. The molecule has 1 fully saturated rings. The van der Waals surface area contributed by atoms with Crippen LogP contribution in [0.25, 0.3) is 0 Å². The zero-order valence-electron chi connectivity index (χ0n) is 8.35. The second-order valence-corrected chi connectivity index (χ2v) is 7.20. The van der Waals surface area contributed by atoms with Gasteiger partial charge in [-0.05, 0) is 12.8 Å². The number of nitrogens with two attached hydrogens (primary N) is 1. The molecule has 1 saturated heterocycles. The van der Waals surface area contributed by atoms with E-state index in [1.165, 1.54) is 11.3 Å². The summed E-state index contributed by atoms with van der Waals surface area (Å²) >= 11 is 1.54. The third-order valence-corrected chi connectivity index (χ3v) is 5.59. The van der Waals surface area contributed by atoms with Crippen LogP contribution < -0.4 is 5.73 Å². The average molecular weight is 246 g/mol. The van der Waals surface area contributed by atoms with Gasteiger partial charge in [-0.15, -0.1) is 11.3 Å². The van der Waals surface area contributed by atoms with Crippen LogP contribution in [0.5, 0.6) is 0 Å². The van der Waals surface area contributed by atoms with Crippen molar-refractivity contribution in [3.05, 3.63) is 16.1 Å². The Balaban J connectivity index is 2.17. The van der Waals surface area contributed by atoms with Gasteiger partial charge in [0.25, 0.3) is 0 Å². The minimum atomic E-state index is -2.84. The molecule has 0 aliphatic carbocycles. The van der Waals surface area contributed by atoms with Crippen molar-refractivity contribution in [1.29, 1.82) is 0 Å². The lowest BCUT2D eigenvalue weighted by Gasteiger charge is -2.19. The molecule has 4 nitrogen and oxygen atoms in total. The minimum Gasteiger partial charge on any atom is -0.326 e. The highest BCUT2D eigenvalue weighted by Crippen LogP contribution is 2.30. The molecular weight excluding hydrogens is 232 g/mol. The van der Waals surface area contributed by atoms with E-state index >= 15 is 0 Å². The molecule has 0 aromatic carbocycles. The summed E-state index contributed by atoms with van der Waals surface area (Å²) in [4.78, 5) is 5.27. The summed E-state index contributed by atoms with van der Waals surface area (Å²) in [6, 6.07) is 0. The molecule has 1 aliphatic heterocycles. The number of sulfone groups is 1. The van der Waals surface area contributed by atoms with Crippen molar-refractivity contribution in [3.8, 4) is 0 Å². The van der Waals surface area contributed by atoms with Crippen molar-refractivity contribution in [1.82, 2.24) is 4.98 Å². The Morgan fingerprint density at radius 2 is 2.40 bits per heavy atom. The zero-order chi connectivity index (χ0) is 10.9. The van der Waals surface area contributed by atoms with Crippen molar-refractivity contribution in [2.45, 2.75) is 25.3 Å². The normalized spacial score (nSPS) is 25.3. The molecule has 0 amide bonds. The van der Waals surface area contributed by atoms with Crippen molar-refractivity contribution in [2.24, 2.45) is 5.73 Å². The Hall–Kier alpha value is -0.460. The number of thiazole rings is 1. The van der Waals surface area contributed by atoms with E-state index in [0.717, 1.165) is 22.7 Å². The minimum absolute atomic E-state index is 0.0917. The van der Waals surface area contributed by atoms with E-state index in [-0.39, 0.29) is 11.7 Å². The number of hydrogen-bond acceptors (Lipinski definition) is 5. The number of hydrogen-bond donors (Lipinski definition) is 1. The predicted octanol–water partition coefficient (Wildman–Crippen LogP) is 0.894. The Kier molecular flexibility index (Phi) is 3.08. The SMILES string of the molecule is NCc1cnc(C2CCCS(=O)(=O)C2)s1. The van der Waals surface area contributed by atoms with Gasteiger partial charge in [0, 0.05) is 23.5 Å². The maximum absolute atomic E-state index is 11.5. The van der Waals surface area contributed by atoms with Gasteiger partial charge in [0.2, 0.25) is 0 Å². The zero-order valence-corrected chi connectivity index (χ0v) is 9.98. The third-order valence-electron chi connectivity index (χ3n) is 2.58. The summed E-state index contributed by atoms with van der Waals surface area (Å²) in [6.07, 6.45) is 3.43. The molecule has 0 spiro atoms. The summed E-state index contributed by atoms with van der Waals surface area (Å²) < 4.78 is 22.9. The highest BCUT2D eigenvalue weighted by Gasteiger charge is 2.27. The van der Waals surface area contributed by atoms with Gasteiger partial charge < -0.3 is 5.73 Å². The second-order valence-electron chi connectivity index (χ2n) is 3.82. The van der Waals surface area contributed by atoms with Crippen LogP contribution >= 0.6 is 11.3 Å². The Bertz CT molecular complexity index is 439. The maximum Gasteiger partial charge on any atom is 0.151 e. The Morgan fingerprint density at radius 3 is 3.00 bits per heavy atom. The van der Waals surface area contributed by atoms with Crippen molar-refractivity contribution >= 4 is 21.2 Å². The number of aromatic nitrogens is 1. The predicted molar refractivity (Wildman–Crippen MR) is 60.6 cm³/mol. The molecule has 0 radical (unpaired) electrons. The Labute approximate surface area is 93.4 Å². The molecule has 15 heavy (non-hydrogen) atoms. The fraction of sp³-hybridized carbons (Fsp3) is 0.667. The Morgan fingerprint density at radius 1 is 1.60 bits per heavy atom. The molecule has 2 rings (SSSR count). The van der Waals surface area contributed by atoms with E-state index in [1.807, 2.05) is 0 Å². The third kappa shape index (κ3) is 2.56. The van der Waals surface area contributed by atoms with Crippen molar-refractivity contribution in [3.63, 3.8) is 0 Å². The van der Waals surface area contributed by atoms with Gasteiger partial charge in [-0.2, -0.15) is 0 Å². The summed E-state index contributed by atoms with van der Waals surface area (Å²) in [7, 11) is -2.84. The molecule has 2 N–H and O–H groups in total. The monoisotopic (exact) mass is 246 g/mol. The lowest BCUT2D eigenvalue weighted by Crippen LogP contribution is -2.23. The molecule has 1 unspecified atom stereocenters. The number of rotatable bonds is 2. The van der Waals surface area contributed by atoms with Crippen LogP contribution in [0, 0.1) is 0 Å². The lowest BCUT2D eigenvalue weighted by molar-refractivity contribution is 0.553. The molecule has 2 heterocycles. The van der Waals surface area contributed by atoms with Crippen LogP contribution in [-0.2, 0) is 16.4 Å². The summed E-state index contributed by atoms with van der Waals surface area (Å²) in [6.45, 7) is 0.483. The molecule has 1 aromatic heterocycles. The number of nitrogens with zero attached hydrogens (tertiary/aromatic N) is 1. The van der Waals surface area contributed by atoms with Gasteiger partial charge in [-0.3, -0.25) is 0 Å².